The van der Waals surface area contributed by atoms with Crippen molar-refractivity contribution < 1.29 is 4.79 Å². The number of carbonyl (C=O) groups excluding carboxylic acids is 1. The van der Waals surface area contributed by atoms with E-state index in [1.54, 1.807) is 0 Å². The van der Waals surface area contributed by atoms with E-state index in [-0.39, 0.29) is 0 Å². The van der Waals surface area contributed by atoms with Gasteiger partial charge in [0.15, 0.2) is 6.33 Å². The summed E-state index contributed by atoms with van der Waals surface area (Å²) in [6.07, 6.45) is 4.61. The van der Waals surface area contributed by atoms with Crippen LogP contribution in [0.2, 0.25) is 0 Å². The summed E-state index contributed by atoms with van der Waals surface area (Å²) in [6, 6.07) is 0. The molecule has 1 aromatic heterocycles. The maximum Gasteiger partial charge on any atom is 0.162 e. The number of carbonyl (C=O) groups is 1. The number of allylic oxidation sites excluding steroid dienone is 1. The molecule has 0 atom stereocenters. The van der Waals surface area contributed by atoms with Crippen LogP contribution in [0.3, 0.4) is 0 Å². The van der Waals surface area contributed by atoms with Crippen molar-refractivity contribution in [3.05, 3.63) is 12.4 Å². The highest BCUT2D eigenvalue weighted by molar-refractivity contribution is 5.69. The number of rotatable bonds is 2. The maximum absolute atomic E-state index is 9.72. The van der Waals surface area contributed by atoms with E-state index in [4.69, 9.17) is 0 Å². The second kappa shape index (κ2) is 2.71. The van der Waals surface area contributed by atoms with Crippen LogP contribution < -0.4 is 0 Å². The lowest BCUT2D eigenvalue weighted by atomic mass is 10.7. The third-order valence-electron chi connectivity index (χ3n) is 0.663. The molecule has 0 N–H and O–H groups in total. The van der Waals surface area contributed by atoms with Gasteiger partial charge in [0, 0.05) is 0 Å². The third-order valence-corrected chi connectivity index (χ3v) is 0.663. The smallest absolute Gasteiger partial charge is 0.162 e. The summed E-state index contributed by atoms with van der Waals surface area (Å²) in [5.74, 6) is 0. The summed E-state index contributed by atoms with van der Waals surface area (Å²) in [6.45, 7) is 0. The first-order valence-electron chi connectivity index (χ1n) is 2.28. The van der Waals surface area contributed by atoms with Gasteiger partial charge in [0.25, 0.3) is 0 Å². The van der Waals surface area contributed by atoms with Crippen LogP contribution in [0.1, 0.15) is 0 Å². The van der Waals surface area contributed by atoms with Crippen LogP contribution in [0.25, 0.3) is 6.20 Å². The Labute approximate surface area is 51.0 Å². The van der Waals surface area contributed by atoms with Crippen molar-refractivity contribution in [2.75, 3.05) is 0 Å². The third kappa shape index (κ3) is 1.45. The topological polar surface area (TPSA) is 60.7 Å². The van der Waals surface area contributed by atoms with Gasteiger partial charge in [-0.15, -0.1) is 15.0 Å². The molecule has 1 heterocycles. The molecule has 1 aromatic rings. The zero-order valence-electron chi connectivity index (χ0n) is 4.51. The zero-order chi connectivity index (χ0) is 6.53. The molecule has 0 aromatic carbocycles. The Kier molecular flexibility index (Phi) is 1.69. The molecule has 0 amide bonds. The van der Waals surface area contributed by atoms with Gasteiger partial charge in [0.1, 0.15) is 6.29 Å². The van der Waals surface area contributed by atoms with E-state index >= 15 is 0 Å². The zero-order valence-corrected chi connectivity index (χ0v) is 4.51. The molecular weight excluding hydrogens is 120 g/mol. The lowest BCUT2D eigenvalue weighted by Crippen LogP contribution is -1.90. The normalized spacial score (nSPS) is 10.2. The summed E-state index contributed by atoms with van der Waals surface area (Å²) in [7, 11) is 0. The summed E-state index contributed by atoms with van der Waals surface area (Å²) >= 11 is 0. The predicted octanol–water partition coefficient (Wildman–Crippen LogP) is -0.657. The minimum absolute atomic E-state index is 0.642. The number of nitrogens with zero attached hydrogens (tertiary/aromatic N) is 4. The average molecular weight is 124 g/mol. The molecule has 5 nitrogen and oxygen atoms in total. The Balaban J connectivity index is 2.67. The van der Waals surface area contributed by atoms with Gasteiger partial charge in [-0.2, -0.15) is 0 Å². The first-order chi connectivity index (χ1) is 4.43. The van der Waals surface area contributed by atoms with E-state index in [1.807, 2.05) is 0 Å². The Hall–Kier alpha value is -1.52. The molecule has 0 bridgehead atoms. The molecule has 0 aliphatic carbocycles. The highest BCUT2D eigenvalue weighted by Crippen LogP contribution is 1.72. The van der Waals surface area contributed by atoms with E-state index in [9.17, 15) is 4.79 Å². The fourth-order valence-electron chi connectivity index (χ4n) is 0.356. The molecule has 0 saturated heterocycles. The van der Waals surface area contributed by atoms with E-state index < -0.39 is 0 Å². The van der Waals surface area contributed by atoms with Gasteiger partial charge < -0.3 is 0 Å². The largest absolute Gasteiger partial charge is 0.299 e. The molecule has 1 rings (SSSR count). The van der Waals surface area contributed by atoms with Crippen LogP contribution in [-0.2, 0) is 4.79 Å². The van der Waals surface area contributed by atoms with Gasteiger partial charge in [0.2, 0.25) is 0 Å². The maximum atomic E-state index is 9.72. The van der Waals surface area contributed by atoms with Gasteiger partial charge in [-0.05, 0) is 11.3 Å². The Morgan fingerprint density at radius 2 is 2.44 bits per heavy atom. The van der Waals surface area contributed by atoms with Crippen LogP contribution >= 0.6 is 0 Å². The molecule has 0 fully saturated rings. The Morgan fingerprint density at radius 3 is 3.00 bits per heavy atom. The molecule has 0 aliphatic heterocycles. The number of aldehydes is 1. The fraction of sp³-hybridized carbons (Fsp3) is 0. The number of aromatic nitrogens is 4. The summed E-state index contributed by atoms with van der Waals surface area (Å²) in [5, 5.41) is 10.5. The highest BCUT2D eigenvalue weighted by Gasteiger charge is 1.79. The lowest BCUT2D eigenvalue weighted by molar-refractivity contribution is -0.104. The minimum Gasteiger partial charge on any atom is -0.299 e. The lowest BCUT2D eigenvalue weighted by Gasteiger charge is -1.78. The average Bonchev–Trinajstić information content (AvgIpc) is 2.34. The Morgan fingerprint density at radius 1 is 1.56 bits per heavy atom. The molecule has 0 spiro atoms. The van der Waals surface area contributed by atoms with Crippen LogP contribution in [0, 0.1) is 0 Å². The molecule has 9 heavy (non-hydrogen) atoms. The summed E-state index contributed by atoms with van der Waals surface area (Å²) in [4.78, 5) is 10.9. The molecule has 46 valence electrons. The number of tetrazole rings is 1. The highest BCUT2D eigenvalue weighted by atomic mass is 16.1. The van der Waals surface area contributed by atoms with Gasteiger partial charge in [0.05, 0.1) is 6.20 Å². The van der Waals surface area contributed by atoms with Crippen molar-refractivity contribution in [2.45, 2.75) is 0 Å². The first-order valence-corrected chi connectivity index (χ1v) is 2.28. The molecule has 0 saturated carbocycles. The van der Waals surface area contributed by atoms with Gasteiger partial charge in [-0.25, -0.2) is 0 Å². The van der Waals surface area contributed by atoms with Crippen molar-refractivity contribution in [3.8, 4) is 0 Å². The predicted molar refractivity (Wildman–Crippen MR) is 29.2 cm³/mol. The van der Waals surface area contributed by atoms with Crippen LogP contribution in [0.5, 0.6) is 0 Å². The van der Waals surface area contributed by atoms with Crippen LogP contribution in [-0.4, -0.2) is 26.5 Å². The monoisotopic (exact) mass is 124 g/mol. The molecule has 0 radical (unpaired) electrons. The van der Waals surface area contributed by atoms with Gasteiger partial charge in [-0.1, -0.05) is 0 Å². The molecular formula is C4H4N4O. The van der Waals surface area contributed by atoms with Crippen molar-refractivity contribution in [1.82, 2.24) is 20.2 Å². The summed E-state index contributed by atoms with van der Waals surface area (Å²) in [5.41, 5.74) is 0. The number of hydrogen-bond donors (Lipinski definition) is 0. The SMILES string of the molecule is O=C/C=C/n1ncnn1. The summed E-state index contributed by atoms with van der Waals surface area (Å²) < 4.78 is 0. The van der Waals surface area contributed by atoms with Crippen molar-refractivity contribution >= 4 is 12.5 Å². The van der Waals surface area contributed by atoms with E-state index in [1.165, 1.54) is 23.4 Å². The van der Waals surface area contributed by atoms with Gasteiger partial charge in [-0.3, -0.25) is 4.79 Å². The second-order valence-corrected chi connectivity index (χ2v) is 1.23. The van der Waals surface area contributed by atoms with E-state index in [2.05, 4.69) is 15.4 Å². The van der Waals surface area contributed by atoms with Crippen LogP contribution in [0.15, 0.2) is 12.4 Å². The van der Waals surface area contributed by atoms with Crippen molar-refractivity contribution in [2.24, 2.45) is 0 Å². The number of hydrogen-bond acceptors (Lipinski definition) is 4. The van der Waals surface area contributed by atoms with E-state index in [0.717, 1.165) is 0 Å². The fourth-order valence-corrected chi connectivity index (χ4v) is 0.356. The van der Waals surface area contributed by atoms with E-state index in [0.29, 0.717) is 6.29 Å². The van der Waals surface area contributed by atoms with Crippen molar-refractivity contribution in [1.29, 1.82) is 0 Å². The quantitative estimate of drug-likeness (QED) is 0.388. The first kappa shape index (κ1) is 5.61. The molecule has 0 unspecified atom stereocenters. The van der Waals surface area contributed by atoms with Gasteiger partial charge >= 0.3 is 0 Å². The molecule has 5 heteroatoms. The standard InChI is InChI=1S/C4H4N4O/c9-3-1-2-8-6-4-5-7-8/h1-4H/b2-1+. The minimum atomic E-state index is 0.642. The molecule has 0 aliphatic rings. The second-order valence-electron chi connectivity index (χ2n) is 1.23. The Bertz CT molecular complexity index is 202. The van der Waals surface area contributed by atoms with Crippen LogP contribution in [0.4, 0.5) is 0 Å². The van der Waals surface area contributed by atoms with Crippen molar-refractivity contribution in [3.63, 3.8) is 0 Å².